The van der Waals surface area contributed by atoms with Crippen LogP contribution in [0, 0.1) is 11.8 Å². The van der Waals surface area contributed by atoms with Gasteiger partial charge in [-0.15, -0.1) is 0 Å². The van der Waals surface area contributed by atoms with E-state index in [1.165, 1.54) is 23.7 Å². The molecule has 0 unspecified atom stereocenters. The van der Waals surface area contributed by atoms with Crippen molar-refractivity contribution in [2.24, 2.45) is 11.8 Å². The Morgan fingerprint density at radius 2 is 2.04 bits per heavy atom. The van der Waals surface area contributed by atoms with E-state index in [1.807, 2.05) is 6.07 Å². The smallest absolute Gasteiger partial charge is 0.261 e. The fourth-order valence-electron chi connectivity index (χ4n) is 3.53. The second-order valence-electron chi connectivity index (χ2n) is 7.22. The first kappa shape index (κ1) is 19.3. The van der Waals surface area contributed by atoms with Crippen LogP contribution >= 0.6 is 12.2 Å². The van der Waals surface area contributed by atoms with Crippen LogP contribution in [0.5, 0.6) is 0 Å². The van der Waals surface area contributed by atoms with Crippen molar-refractivity contribution in [3.8, 4) is 0 Å². The Balaban J connectivity index is 1.53. The number of fused-ring (bicyclic) bond motifs is 1. The van der Waals surface area contributed by atoms with E-state index in [-0.39, 0.29) is 18.0 Å². The Morgan fingerprint density at radius 3 is 2.85 bits per heavy atom. The largest absolute Gasteiger partial charge is 0.358 e. The van der Waals surface area contributed by atoms with Gasteiger partial charge in [-0.1, -0.05) is 38.8 Å². The maximum atomic E-state index is 12.4. The minimum atomic E-state index is -0.372. The van der Waals surface area contributed by atoms with E-state index in [1.54, 1.807) is 18.2 Å². The Bertz CT molecular complexity index is 897. The predicted molar refractivity (Wildman–Crippen MR) is 109 cm³/mol. The number of carbonyl (C=O) groups is 1. The highest BCUT2D eigenvalue weighted by Crippen LogP contribution is 2.29. The first-order valence-corrected chi connectivity index (χ1v) is 9.66. The van der Waals surface area contributed by atoms with Gasteiger partial charge < -0.3 is 5.32 Å². The molecular formula is C19H25N5O2S. The summed E-state index contributed by atoms with van der Waals surface area (Å²) in [5, 5.41) is 4.15. The quantitative estimate of drug-likeness (QED) is 0.549. The van der Waals surface area contributed by atoms with Crippen molar-refractivity contribution >= 4 is 34.1 Å². The Morgan fingerprint density at radius 1 is 1.26 bits per heavy atom. The van der Waals surface area contributed by atoms with E-state index >= 15 is 0 Å². The van der Waals surface area contributed by atoms with Crippen LogP contribution in [0.1, 0.15) is 33.1 Å². The lowest BCUT2D eigenvalue weighted by Crippen LogP contribution is -2.53. The molecule has 1 aromatic heterocycles. The molecule has 8 heteroatoms. The molecule has 1 aliphatic rings. The van der Waals surface area contributed by atoms with Gasteiger partial charge in [0.05, 0.1) is 17.2 Å². The average molecular weight is 388 g/mol. The minimum Gasteiger partial charge on any atom is -0.358 e. The molecule has 0 saturated heterocycles. The SMILES string of the molecule is C[C@H]1[C@@H](NC(=S)NNC(=O)Cn2cnc3ccccc3c2=O)CCC[C@@H]1C. The first-order chi connectivity index (χ1) is 13.0. The number of nitrogens with one attached hydrogen (secondary N) is 3. The van der Waals surface area contributed by atoms with Crippen LogP contribution in [-0.4, -0.2) is 26.6 Å². The summed E-state index contributed by atoms with van der Waals surface area (Å²) in [6.45, 7) is 4.34. The van der Waals surface area contributed by atoms with Crippen LogP contribution in [0.15, 0.2) is 35.4 Å². The molecule has 1 aromatic carbocycles. The normalized spacial score (nSPS) is 22.2. The van der Waals surface area contributed by atoms with Crippen molar-refractivity contribution in [2.75, 3.05) is 0 Å². The van der Waals surface area contributed by atoms with E-state index in [9.17, 15) is 9.59 Å². The van der Waals surface area contributed by atoms with Gasteiger partial charge in [-0.05, 0) is 42.6 Å². The molecule has 0 aliphatic heterocycles. The van der Waals surface area contributed by atoms with E-state index in [0.29, 0.717) is 33.9 Å². The number of hydrazine groups is 1. The number of hydrogen-bond donors (Lipinski definition) is 3. The summed E-state index contributed by atoms with van der Waals surface area (Å²) in [7, 11) is 0. The number of amides is 1. The van der Waals surface area contributed by atoms with Gasteiger partial charge in [0.2, 0.25) is 0 Å². The average Bonchev–Trinajstić information content (AvgIpc) is 2.66. The van der Waals surface area contributed by atoms with Gasteiger partial charge in [-0.2, -0.15) is 0 Å². The van der Waals surface area contributed by atoms with E-state index < -0.39 is 0 Å². The Hall–Kier alpha value is -2.48. The molecule has 0 bridgehead atoms. The lowest BCUT2D eigenvalue weighted by atomic mass is 9.78. The maximum absolute atomic E-state index is 12.4. The number of nitrogens with zero attached hydrogens (tertiary/aromatic N) is 2. The van der Waals surface area contributed by atoms with Crippen LogP contribution in [0.25, 0.3) is 10.9 Å². The highest BCUT2D eigenvalue weighted by atomic mass is 32.1. The fraction of sp³-hybridized carbons (Fsp3) is 0.474. The molecule has 1 saturated carbocycles. The molecule has 7 nitrogen and oxygen atoms in total. The fourth-order valence-corrected chi connectivity index (χ4v) is 3.73. The number of para-hydroxylation sites is 1. The van der Waals surface area contributed by atoms with E-state index in [2.05, 4.69) is 35.0 Å². The van der Waals surface area contributed by atoms with Crippen LogP contribution in [-0.2, 0) is 11.3 Å². The monoisotopic (exact) mass is 387 g/mol. The van der Waals surface area contributed by atoms with Crippen LogP contribution in [0.3, 0.4) is 0 Å². The van der Waals surface area contributed by atoms with Gasteiger partial charge in [-0.25, -0.2) is 4.98 Å². The van der Waals surface area contributed by atoms with Crippen LogP contribution in [0.2, 0.25) is 0 Å². The van der Waals surface area contributed by atoms with Gasteiger partial charge >= 0.3 is 0 Å². The molecule has 3 atom stereocenters. The number of thiocarbonyl (C=S) groups is 1. The topological polar surface area (TPSA) is 88.0 Å². The van der Waals surface area contributed by atoms with Gasteiger partial charge in [0.15, 0.2) is 5.11 Å². The third-order valence-electron chi connectivity index (χ3n) is 5.38. The summed E-state index contributed by atoms with van der Waals surface area (Å²) < 4.78 is 1.28. The zero-order chi connectivity index (χ0) is 19.4. The van der Waals surface area contributed by atoms with Crippen LogP contribution in [0.4, 0.5) is 0 Å². The third-order valence-corrected chi connectivity index (χ3v) is 5.60. The molecule has 1 heterocycles. The number of benzene rings is 1. The second-order valence-corrected chi connectivity index (χ2v) is 7.62. The van der Waals surface area contributed by atoms with E-state index in [4.69, 9.17) is 12.2 Å². The summed E-state index contributed by atoms with van der Waals surface area (Å²) in [6, 6.07) is 7.35. The predicted octanol–water partition coefficient (Wildman–Crippen LogP) is 1.72. The lowest BCUT2D eigenvalue weighted by molar-refractivity contribution is -0.122. The van der Waals surface area contributed by atoms with Crippen molar-refractivity contribution in [1.82, 2.24) is 25.7 Å². The molecule has 1 aliphatic carbocycles. The number of hydrogen-bond acceptors (Lipinski definition) is 4. The van der Waals surface area contributed by atoms with Crippen molar-refractivity contribution < 1.29 is 4.79 Å². The van der Waals surface area contributed by atoms with Crippen molar-refractivity contribution in [3.05, 3.63) is 40.9 Å². The maximum Gasteiger partial charge on any atom is 0.261 e. The zero-order valence-corrected chi connectivity index (χ0v) is 16.4. The summed E-state index contributed by atoms with van der Waals surface area (Å²) in [4.78, 5) is 28.8. The molecule has 27 heavy (non-hydrogen) atoms. The molecule has 144 valence electrons. The Labute approximate surface area is 163 Å². The summed E-state index contributed by atoms with van der Waals surface area (Å²) in [5.41, 5.74) is 5.63. The minimum absolute atomic E-state index is 0.136. The highest BCUT2D eigenvalue weighted by molar-refractivity contribution is 7.80. The molecule has 3 rings (SSSR count). The molecule has 1 amide bonds. The molecule has 0 radical (unpaired) electrons. The molecule has 1 fully saturated rings. The summed E-state index contributed by atoms with van der Waals surface area (Å²) in [6.07, 6.45) is 4.87. The molecule has 2 aromatic rings. The van der Waals surface area contributed by atoms with Gasteiger partial charge in [0, 0.05) is 6.04 Å². The lowest BCUT2D eigenvalue weighted by Gasteiger charge is -2.35. The number of aromatic nitrogens is 2. The van der Waals surface area contributed by atoms with E-state index in [0.717, 1.165) is 6.42 Å². The standard InChI is InChI=1S/C19H25N5O2S/c1-12-6-5-9-15(13(12)2)21-19(27)23-22-17(25)10-24-11-20-16-8-4-3-7-14(16)18(24)26/h3-4,7-8,11-13,15H,5-6,9-10H2,1-2H3,(H,22,25)(H2,21,23,27)/t12-,13+,15-/m0/s1. The Kier molecular flexibility index (Phi) is 6.05. The van der Waals surface area contributed by atoms with Crippen molar-refractivity contribution in [3.63, 3.8) is 0 Å². The second kappa shape index (κ2) is 8.47. The molecule has 0 spiro atoms. The van der Waals surface area contributed by atoms with Crippen molar-refractivity contribution in [1.29, 1.82) is 0 Å². The van der Waals surface area contributed by atoms with Gasteiger partial charge in [-0.3, -0.25) is 25.0 Å². The first-order valence-electron chi connectivity index (χ1n) is 9.25. The zero-order valence-electron chi connectivity index (χ0n) is 15.6. The molecule has 3 N–H and O–H groups in total. The van der Waals surface area contributed by atoms with Gasteiger partial charge in [0.1, 0.15) is 6.54 Å². The highest BCUT2D eigenvalue weighted by Gasteiger charge is 2.27. The molecular weight excluding hydrogens is 362 g/mol. The number of carbonyl (C=O) groups excluding carboxylic acids is 1. The van der Waals surface area contributed by atoms with Crippen molar-refractivity contribution in [2.45, 2.75) is 45.7 Å². The number of rotatable bonds is 3. The van der Waals surface area contributed by atoms with Crippen LogP contribution < -0.4 is 21.7 Å². The summed E-state index contributed by atoms with van der Waals surface area (Å²) >= 11 is 5.28. The van der Waals surface area contributed by atoms with Gasteiger partial charge in [0.25, 0.3) is 11.5 Å². The summed E-state index contributed by atoms with van der Waals surface area (Å²) in [5.74, 6) is 0.806. The third kappa shape index (κ3) is 4.63.